The fourth-order valence-corrected chi connectivity index (χ4v) is 4.72. The molecule has 5 rings (SSSR count). The highest BCUT2D eigenvalue weighted by Crippen LogP contribution is 2.37. The zero-order valence-corrected chi connectivity index (χ0v) is 18.6. The van der Waals surface area contributed by atoms with Gasteiger partial charge in [0, 0.05) is 58.4 Å². The number of carbonyl (C=O) groups is 3. The lowest BCUT2D eigenvalue weighted by molar-refractivity contribution is -0.140. The lowest BCUT2D eigenvalue weighted by Gasteiger charge is -2.06. The number of oxime groups is 1. The second-order valence-corrected chi connectivity index (χ2v) is 8.23. The van der Waals surface area contributed by atoms with Crippen LogP contribution in [0, 0.1) is 6.92 Å². The number of nitrogens with zero attached hydrogens (tertiary/aromatic N) is 2. The van der Waals surface area contributed by atoms with Crippen LogP contribution in [0.15, 0.2) is 59.8 Å². The Morgan fingerprint density at radius 3 is 2.55 bits per heavy atom. The molecule has 0 amide bonds. The van der Waals surface area contributed by atoms with Crippen LogP contribution in [-0.4, -0.2) is 27.8 Å². The number of hydrogen-bond acceptors (Lipinski definition) is 5. The van der Waals surface area contributed by atoms with Crippen LogP contribution >= 0.6 is 0 Å². The summed E-state index contributed by atoms with van der Waals surface area (Å²) in [7, 11) is 0. The second kappa shape index (κ2) is 7.81. The number of fused-ring (bicyclic) bond motifs is 5. The van der Waals surface area contributed by atoms with Gasteiger partial charge in [0.2, 0.25) is 5.78 Å². The summed E-state index contributed by atoms with van der Waals surface area (Å²) in [6, 6.07) is 17.0. The van der Waals surface area contributed by atoms with E-state index in [4.69, 9.17) is 4.84 Å². The fourth-order valence-electron chi connectivity index (χ4n) is 4.72. The second-order valence-electron chi connectivity index (χ2n) is 8.23. The number of benzene rings is 3. The molecule has 6 nitrogen and oxygen atoms in total. The van der Waals surface area contributed by atoms with Crippen molar-refractivity contribution in [3.8, 4) is 0 Å². The molecule has 0 unspecified atom stereocenters. The quantitative estimate of drug-likeness (QED) is 0.255. The van der Waals surface area contributed by atoms with E-state index < -0.39 is 5.97 Å². The molecule has 1 aromatic heterocycles. The van der Waals surface area contributed by atoms with Crippen molar-refractivity contribution < 1.29 is 19.2 Å². The average Bonchev–Trinajstić information content (AvgIpc) is 3.31. The third kappa shape index (κ3) is 3.26. The van der Waals surface area contributed by atoms with E-state index in [0.717, 1.165) is 39.5 Å². The maximum absolute atomic E-state index is 13.3. The number of aromatic nitrogens is 1. The molecular weight excluding hydrogens is 416 g/mol. The van der Waals surface area contributed by atoms with Gasteiger partial charge in [-0.3, -0.25) is 9.59 Å². The minimum absolute atomic E-state index is 0.0341. The van der Waals surface area contributed by atoms with E-state index in [9.17, 15) is 14.4 Å². The molecule has 1 aliphatic rings. The first-order chi connectivity index (χ1) is 15.9. The van der Waals surface area contributed by atoms with Gasteiger partial charge >= 0.3 is 5.97 Å². The van der Waals surface area contributed by atoms with Crippen LogP contribution in [0.5, 0.6) is 0 Å². The molecule has 0 N–H and O–H groups in total. The molecule has 33 heavy (non-hydrogen) atoms. The van der Waals surface area contributed by atoms with Gasteiger partial charge in [-0.25, -0.2) is 4.79 Å². The smallest absolute Gasteiger partial charge is 0.331 e. The van der Waals surface area contributed by atoms with Gasteiger partial charge in [-0.1, -0.05) is 29.4 Å². The monoisotopic (exact) mass is 438 g/mol. The fraction of sp³-hybridized carbons (Fsp3) is 0.185. The molecule has 0 radical (unpaired) electrons. The van der Waals surface area contributed by atoms with Gasteiger partial charge in [-0.2, -0.15) is 0 Å². The van der Waals surface area contributed by atoms with Gasteiger partial charge in [-0.05, 0) is 55.3 Å². The van der Waals surface area contributed by atoms with E-state index in [1.165, 1.54) is 6.92 Å². The Balaban J connectivity index is 1.73. The predicted octanol–water partition coefficient (Wildman–Crippen LogP) is 5.01. The van der Waals surface area contributed by atoms with E-state index in [1.807, 2.05) is 55.5 Å². The molecule has 6 heteroatoms. The third-order valence-electron chi connectivity index (χ3n) is 6.24. The summed E-state index contributed by atoms with van der Waals surface area (Å²) in [6.45, 7) is 5.98. The first kappa shape index (κ1) is 20.8. The number of rotatable bonds is 4. The highest BCUT2D eigenvalue weighted by Gasteiger charge is 2.31. The Hall–Kier alpha value is -4.06. The molecule has 4 aromatic rings. The maximum Gasteiger partial charge on any atom is 0.331 e. The number of carbonyl (C=O) groups excluding carboxylic acids is 3. The van der Waals surface area contributed by atoms with Crippen molar-refractivity contribution in [2.75, 3.05) is 0 Å². The summed E-state index contributed by atoms with van der Waals surface area (Å²) in [5.74, 6) is -0.843. The van der Waals surface area contributed by atoms with E-state index in [-0.39, 0.29) is 23.7 Å². The Labute approximate surface area is 190 Å². The van der Waals surface area contributed by atoms with E-state index in [2.05, 4.69) is 16.6 Å². The molecule has 0 bridgehead atoms. The lowest BCUT2D eigenvalue weighted by atomic mass is 9.96. The van der Waals surface area contributed by atoms with E-state index in [1.54, 1.807) is 6.07 Å². The minimum Gasteiger partial charge on any atom is -0.341 e. The summed E-state index contributed by atoms with van der Waals surface area (Å²) in [6.07, 6.45) is 0.275. The number of aryl methyl sites for hydroxylation is 2. The van der Waals surface area contributed by atoms with Crippen molar-refractivity contribution in [2.45, 2.75) is 33.7 Å². The number of ketones is 2. The summed E-state index contributed by atoms with van der Waals surface area (Å²) in [4.78, 5) is 42.1. The minimum atomic E-state index is -0.571. The Morgan fingerprint density at radius 2 is 1.82 bits per heavy atom. The largest absolute Gasteiger partial charge is 0.341 e. The van der Waals surface area contributed by atoms with Crippen molar-refractivity contribution in [3.05, 3.63) is 82.4 Å². The van der Waals surface area contributed by atoms with Crippen molar-refractivity contribution in [2.24, 2.45) is 5.16 Å². The van der Waals surface area contributed by atoms with Crippen LogP contribution in [0.4, 0.5) is 0 Å². The zero-order valence-electron chi connectivity index (χ0n) is 18.6. The predicted molar refractivity (Wildman–Crippen MR) is 127 cm³/mol. The SMILES string of the molecule is CCn1c2ccc(C(=O)c3ccccc3C)cc2c2c3c(ccc21)C(=O)/C(=N/OC(C)=O)C3. The normalized spacial score (nSPS) is 14.3. The van der Waals surface area contributed by atoms with Crippen LogP contribution in [0.1, 0.15) is 51.3 Å². The standard InChI is InChI=1S/C27H22N2O4/c1-4-29-23-11-9-17(26(31)18-8-6-5-7-15(18)2)13-21(23)25-20-14-22(28-33-16(3)30)27(32)19(20)10-12-24(25)29/h5-13H,4,14H2,1-3H3/b28-22+. The molecule has 164 valence electrons. The molecule has 1 heterocycles. The van der Waals surface area contributed by atoms with Crippen molar-refractivity contribution in [1.29, 1.82) is 0 Å². The van der Waals surface area contributed by atoms with E-state index in [0.29, 0.717) is 16.7 Å². The molecular formula is C27H22N2O4. The van der Waals surface area contributed by atoms with Gasteiger partial charge in [0.05, 0.1) is 0 Å². The van der Waals surface area contributed by atoms with Crippen LogP contribution in [0.2, 0.25) is 0 Å². The average molecular weight is 438 g/mol. The third-order valence-corrected chi connectivity index (χ3v) is 6.24. The summed E-state index contributed by atoms with van der Waals surface area (Å²) in [5.41, 5.74) is 5.80. The maximum atomic E-state index is 13.3. The molecule has 0 atom stereocenters. The molecule has 0 spiro atoms. The van der Waals surface area contributed by atoms with Crippen LogP contribution in [0.25, 0.3) is 21.8 Å². The zero-order chi connectivity index (χ0) is 23.3. The Bertz CT molecular complexity index is 1520. The van der Waals surface area contributed by atoms with Crippen molar-refractivity contribution in [1.82, 2.24) is 4.57 Å². The summed E-state index contributed by atoms with van der Waals surface area (Å²) < 4.78 is 2.18. The first-order valence-electron chi connectivity index (χ1n) is 10.9. The molecule has 0 aliphatic heterocycles. The van der Waals surface area contributed by atoms with Gasteiger partial charge in [0.1, 0.15) is 5.71 Å². The van der Waals surface area contributed by atoms with Gasteiger partial charge in [-0.15, -0.1) is 0 Å². The van der Waals surface area contributed by atoms with Crippen LogP contribution in [0.3, 0.4) is 0 Å². The highest BCUT2D eigenvalue weighted by molar-refractivity contribution is 6.50. The lowest BCUT2D eigenvalue weighted by Crippen LogP contribution is -2.09. The van der Waals surface area contributed by atoms with Crippen LogP contribution < -0.4 is 0 Å². The van der Waals surface area contributed by atoms with Crippen molar-refractivity contribution in [3.63, 3.8) is 0 Å². The molecule has 0 saturated carbocycles. The molecule has 3 aromatic carbocycles. The van der Waals surface area contributed by atoms with Crippen molar-refractivity contribution >= 4 is 45.1 Å². The Morgan fingerprint density at radius 1 is 1.06 bits per heavy atom. The number of hydrogen-bond donors (Lipinski definition) is 0. The van der Waals surface area contributed by atoms with Crippen LogP contribution in [-0.2, 0) is 22.6 Å². The summed E-state index contributed by atoms with van der Waals surface area (Å²) in [5, 5.41) is 5.64. The molecule has 0 fully saturated rings. The van der Waals surface area contributed by atoms with Gasteiger partial charge in [0.25, 0.3) is 0 Å². The van der Waals surface area contributed by atoms with Gasteiger partial charge < -0.3 is 9.40 Å². The summed E-state index contributed by atoms with van der Waals surface area (Å²) >= 11 is 0. The first-order valence-corrected chi connectivity index (χ1v) is 10.9. The van der Waals surface area contributed by atoms with Gasteiger partial charge in [0.15, 0.2) is 5.78 Å². The highest BCUT2D eigenvalue weighted by atomic mass is 16.7. The Kier molecular flexibility index (Phi) is 4.93. The topological polar surface area (TPSA) is 77.7 Å². The van der Waals surface area contributed by atoms with E-state index >= 15 is 0 Å². The number of Topliss-reactive ketones (excluding diaryl/α,β-unsaturated/α-hetero) is 1. The molecule has 1 aliphatic carbocycles. The molecule has 0 saturated heterocycles.